The second kappa shape index (κ2) is 8.90. The van der Waals surface area contributed by atoms with E-state index >= 15 is 0 Å². The number of nitrogens with two attached hydrogens (primary N) is 1. The molecule has 3 N–H and O–H groups in total. The third kappa shape index (κ3) is 7.02. The van der Waals surface area contributed by atoms with E-state index in [4.69, 9.17) is 10.8 Å². The van der Waals surface area contributed by atoms with Crippen molar-refractivity contribution in [3.63, 3.8) is 0 Å². The summed E-state index contributed by atoms with van der Waals surface area (Å²) in [5.41, 5.74) is 5.99. The van der Waals surface area contributed by atoms with E-state index in [9.17, 15) is 0 Å². The lowest BCUT2D eigenvalue weighted by Gasteiger charge is -2.31. The first-order valence-corrected chi connectivity index (χ1v) is 7.05. The molecule has 0 aromatic carbocycles. The Morgan fingerprint density at radius 2 is 1.76 bits per heavy atom. The van der Waals surface area contributed by atoms with Crippen molar-refractivity contribution in [2.45, 2.75) is 59.4 Å². The van der Waals surface area contributed by atoms with Gasteiger partial charge in [0, 0.05) is 12.6 Å². The largest absolute Gasteiger partial charge is 0.395 e. The van der Waals surface area contributed by atoms with E-state index in [1.807, 2.05) is 0 Å². The van der Waals surface area contributed by atoms with Crippen LogP contribution in [0.4, 0.5) is 0 Å². The Kier molecular flexibility index (Phi) is 8.83. The number of rotatable bonds is 10. The van der Waals surface area contributed by atoms with Crippen molar-refractivity contribution in [1.29, 1.82) is 0 Å². The zero-order chi connectivity index (χ0) is 13.3. The second-order valence-electron chi connectivity index (χ2n) is 5.70. The molecule has 0 aliphatic carbocycles. The summed E-state index contributed by atoms with van der Waals surface area (Å²) in [6.45, 7) is 11.8. The maximum Gasteiger partial charge on any atom is 0.0558 e. The highest BCUT2D eigenvalue weighted by molar-refractivity contribution is 4.73. The number of aliphatic hydroxyl groups excluding tert-OH is 1. The van der Waals surface area contributed by atoms with Crippen LogP contribution in [0, 0.1) is 5.41 Å². The zero-order valence-electron chi connectivity index (χ0n) is 12.2. The molecule has 0 amide bonds. The fraction of sp³-hybridized carbons (Fsp3) is 1.00. The van der Waals surface area contributed by atoms with Crippen LogP contribution in [0.3, 0.4) is 0 Å². The van der Waals surface area contributed by atoms with Gasteiger partial charge in [0.25, 0.3) is 0 Å². The zero-order valence-corrected chi connectivity index (χ0v) is 12.2. The maximum atomic E-state index is 9.12. The molecular formula is C14H32N2O. The van der Waals surface area contributed by atoms with Gasteiger partial charge in [-0.15, -0.1) is 0 Å². The highest BCUT2D eigenvalue weighted by atomic mass is 16.3. The molecule has 0 aromatic rings. The summed E-state index contributed by atoms with van der Waals surface area (Å²) in [4.78, 5) is 2.42. The van der Waals surface area contributed by atoms with E-state index in [-0.39, 0.29) is 12.0 Å². The predicted molar refractivity (Wildman–Crippen MR) is 75.1 cm³/mol. The van der Waals surface area contributed by atoms with E-state index in [0.717, 1.165) is 38.9 Å². The summed E-state index contributed by atoms with van der Waals surface area (Å²) in [5.74, 6) is 0. The van der Waals surface area contributed by atoms with Gasteiger partial charge in [0.05, 0.1) is 6.61 Å². The van der Waals surface area contributed by atoms with Gasteiger partial charge >= 0.3 is 0 Å². The normalized spacial score (nSPS) is 12.7. The Bertz CT molecular complexity index is 179. The molecule has 0 aliphatic heterocycles. The Labute approximate surface area is 107 Å². The fourth-order valence-electron chi connectivity index (χ4n) is 2.27. The van der Waals surface area contributed by atoms with Crippen LogP contribution in [0.5, 0.6) is 0 Å². The van der Waals surface area contributed by atoms with Crippen molar-refractivity contribution < 1.29 is 5.11 Å². The molecule has 0 saturated heterocycles. The summed E-state index contributed by atoms with van der Waals surface area (Å²) in [6, 6.07) is 0.614. The van der Waals surface area contributed by atoms with Gasteiger partial charge in [-0.25, -0.2) is 0 Å². The van der Waals surface area contributed by atoms with Crippen LogP contribution in [0.2, 0.25) is 0 Å². The minimum absolute atomic E-state index is 0.249. The lowest BCUT2D eigenvalue weighted by molar-refractivity contribution is 0.136. The van der Waals surface area contributed by atoms with Crippen LogP contribution in [-0.4, -0.2) is 42.3 Å². The summed E-state index contributed by atoms with van der Waals surface area (Å²) in [6.07, 6.45) is 4.65. The third-order valence-corrected chi connectivity index (χ3v) is 3.70. The smallest absolute Gasteiger partial charge is 0.0558 e. The van der Waals surface area contributed by atoms with Crippen LogP contribution in [0.1, 0.15) is 53.4 Å². The van der Waals surface area contributed by atoms with Crippen LogP contribution in [-0.2, 0) is 0 Å². The molecule has 0 radical (unpaired) electrons. The lowest BCUT2D eigenvalue weighted by Crippen LogP contribution is -2.38. The minimum Gasteiger partial charge on any atom is -0.395 e. The highest BCUT2D eigenvalue weighted by Gasteiger charge is 2.18. The summed E-state index contributed by atoms with van der Waals surface area (Å²) in [5, 5.41) is 9.12. The monoisotopic (exact) mass is 244 g/mol. The fourth-order valence-corrected chi connectivity index (χ4v) is 2.27. The van der Waals surface area contributed by atoms with Crippen molar-refractivity contribution in [2.75, 3.05) is 26.2 Å². The number of hydrogen-bond donors (Lipinski definition) is 2. The standard InChI is InChI=1S/C14H32N2O/c1-5-13(6-2)16(10-11-17)9-7-8-14(3,4)12-15/h13,17H,5-12,15H2,1-4H3. The Balaban J connectivity index is 4.08. The molecule has 0 saturated carbocycles. The first kappa shape index (κ1) is 16.9. The van der Waals surface area contributed by atoms with E-state index < -0.39 is 0 Å². The van der Waals surface area contributed by atoms with E-state index in [1.165, 1.54) is 6.42 Å². The second-order valence-corrected chi connectivity index (χ2v) is 5.70. The summed E-state index contributed by atoms with van der Waals surface area (Å²) >= 11 is 0. The number of hydrogen-bond acceptors (Lipinski definition) is 3. The molecule has 0 aromatic heterocycles. The first-order chi connectivity index (χ1) is 8.00. The summed E-state index contributed by atoms with van der Waals surface area (Å²) in [7, 11) is 0. The molecule has 0 rings (SSSR count). The predicted octanol–water partition coefficient (Wildman–Crippen LogP) is 2.23. The molecular weight excluding hydrogens is 212 g/mol. The van der Waals surface area contributed by atoms with E-state index in [2.05, 4.69) is 32.6 Å². The van der Waals surface area contributed by atoms with Gasteiger partial charge in [-0.2, -0.15) is 0 Å². The molecule has 0 aliphatic rings. The van der Waals surface area contributed by atoms with Crippen molar-refractivity contribution in [1.82, 2.24) is 4.90 Å². The van der Waals surface area contributed by atoms with Crippen LogP contribution in [0.25, 0.3) is 0 Å². The Hall–Kier alpha value is -0.120. The molecule has 104 valence electrons. The quantitative estimate of drug-likeness (QED) is 0.619. The molecule has 3 heteroatoms. The highest BCUT2D eigenvalue weighted by Crippen LogP contribution is 2.21. The lowest BCUT2D eigenvalue weighted by atomic mass is 9.88. The Morgan fingerprint density at radius 3 is 2.18 bits per heavy atom. The molecule has 0 unspecified atom stereocenters. The van der Waals surface area contributed by atoms with Gasteiger partial charge in [0.15, 0.2) is 0 Å². The van der Waals surface area contributed by atoms with Gasteiger partial charge in [-0.1, -0.05) is 27.7 Å². The molecule has 0 atom stereocenters. The first-order valence-electron chi connectivity index (χ1n) is 7.05. The number of aliphatic hydroxyl groups is 1. The molecule has 3 nitrogen and oxygen atoms in total. The molecule has 17 heavy (non-hydrogen) atoms. The molecule has 0 spiro atoms. The SMILES string of the molecule is CCC(CC)N(CCO)CCCC(C)(C)CN. The van der Waals surface area contributed by atoms with Gasteiger partial charge in [-0.05, 0) is 44.2 Å². The topological polar surface area (TPSA) is 49.5 Å². The summed E-state index contributed by atoms with van der Waals surface area (Å²) < 4.78 is 0. The molecule has 0 bridgehead atoms. The molecule has 0 heterocycles. The van der Waals surface area contributed by atoms with Crippen LogP contribution in [0.15, 0.2) is 0 Å². The van der Waals surface area contributed by atoms with Gasteiger partial charge in [0.2, 0.25) is 0 Å². The Morgan fingerprint density at radius 1 is 1.18 bits per heavy atom. The molecule has 0 fully saturated rings. The van der Waals surface area contributed by atoms with E-state index in [0.29, 0.717) is 6.04 Å². The van der Waals surface area contributed by atoms with Crippen molar-refractivity contribution >= 4 is 0 Å². The average Bonchev–Trinajstić information content (AvgIpc) is 2.30. The number of nitrogens with zero attached hydrogens (tertiary/aromatic N) is 1. The van der Waals surface area contributed by atoms with Gasteiger partial charge in [0.1, 0.15) is 0 Å². The average molecular weight is 244 g/mol. The van der Waals surface area contributed by atoms with Crippen LogP contribution >= 0.6 is 0 Å². The van der Waals surface area contributed by atoms with Gasteiger partial charge < -0.3 is 10.8 Å². The van der Waals surface area contributed by atoms with Crippen LogP contribution < -0.4 is 5.73 Å². The van der Waals surface area contributed by atoms with Crippen molar-refractivity contribution in [3.05, 3.63) is 0 Å². The maximum absolute atomic E-state index is 9.12. The van der Waals surface area contributed by atoms with Crippen molar-refractivity contribution in [3.8, 4) is 0 Å². The van der Waals surface area contributed by atoms with Crippen molar-refractivity contribution in [2.24, 2.45) is 11.1 Å². The minimum atomic E-state index is 0.249. The van der Waals surface area contributed by atoms with Gasteiger partial charge in [-0.3, -0.25) is 4.90 Å². The third-order valence-electron chi connectivity index (χ3n) is 3.70. The van der Waals surface area contributed by atoms with E-state index in [1.54, 1.807) is 0 Å².